The number of fused-ring (bicyclic) bond motifs is 1. The van der Waals surface area contributed by atoms with Crippen LogP contribution in [-0.4, -0.2) is 28.7 Å². The van der Waals surface area contributed by atoms with Crippen LogP contribution in [0.3, 0.4) is 0 Å². The third-order valence-electron chi connectivity index (χ3n) is 4.12. The van der Waals surface area contributed by atoms with Gasteiger partial charge in [0, 0.05) is 23.4 Å². The fourth-order valence-corrected chi connectivity index (χ4v) is 3.47. The predicted molar refractivity (Wildman–Crippen MR) is 113 cm³/mol. The summed E-state index contributed by atoms with van der Waals surface area (Å²) >= 11 is 1.37. The van der Waals surface area contributed by atoms with Crippen molar-refractivity contribution in [3.8, 4) is 5.75 Å². The molecule has 1 amide bonds. The summed E-state index contributed by atoms with van der Waals surface area (Å²) in [6, 6.07) is 10.1. The number of benzene rings is 2. The Morgan fingerprint density at radius 3 is 2.79 bits per heavy atom. The van der Waals surface area contributed by atoms with Crippen LogP contribution < -0.4 is 10.1 Å². The van der Waals surface area contributed by atoms with Gasteiger partial charge in [-0.1, -0.05) is 19.9 Å². The summed E-state index contributed by atoms with van der Waals surface area (Å²) in [4.78, 5) is 27.3. The lowest BCUT2D eigenvalue weighted by Crippen LogP contribution is -2.14. The maximum atomic E-state index is 12.2. The molecule has 152 valence electrons. The molecular weight excluding hydrogens is 394 g/mol. The quantitative estimate of drug-likeness (QED) is 0.418. The van der Waals surface area contributed by atoms with Gasteiger partial charge in [0.2, 0.25) is 5.91 Å². The number of hydrogen-bond acceptors (Lipinski definition) is 7. The number of nitro benzene ring substituents is 1. The maximum absolute atomic E-state index is 12.2. The van der Waals surface area contributed by atoms with Crippen molar-refractivity contribution in [3.63, 3.8) is 0 Å². The molecule has 1 N–H and O–H groups in total. The topological polar surface area (TPSA) is 108 Å². The number of anilines is 1. The second kappa shape index (κ2) is 8.95. The summed E-state index contributed by atoms with van der Waals surface area (Å²) in [5.74, 6) is 1.58. The van der Waals surface area contributed by atoms with Crippen molar-refractivity contribution in [1.82, 2.24) is 4.98 Å². The van der Waals surface area contributed by atoms with E-state index in [1.807, 2.05) is 13.8 Å². The maximum Gasteiger partial charge on any atom is 0.311 e. The first kappa shape index (κ1) is 20.7. The molecule has 3 rings (SSSR count). The van der Waals surface area contributed by atoms with Crippen LogP contribution in [0.15, 0.2) is 40.8 Å². The Bertz CT molecular complexity index is 1050. The van der Waals surface area contributed by atoms with E-state index in [0.29, 0.717) is 28.4 Å². The average molecular weight is 415 g/mol. The van der Waals surface area contributed by atoms with Crippen LogP contribution in [0.4, 0.5) is 11.4 Å². The molecular formula is C20H21N3O5S. The van der Waals surface area contributed by atoms with E-state index in [1.54, 1.807) is 30.3 Å². The van der Waals surface area contributed by atoms with Crippen molar-refractivity contribution in [2.75, 3.05) is 18.2 Å². The number of amides is 1. The number of oxazole rings is 1. The number of rotatable bonds is 8. The molecule has 0 aliphatic rings. The van der Waals surface area contributed by atoms with Crippen LogP contribution in [0.1, 0.15) is 31.2 Å². The van der Waals surface area contributed by atoms with E-state index < -0.39 is 4.92 Å². The van der Waals surface area contributed by atoms with Gasteiger partial charge in [0.1, 0.15) is 5.52 Å². The van der Waals surface area contributed by atoms with Gasteiger partial charge in [-0.2, -0.15) is 0 Å². The van der Waals surface area contributed by atoms with Gasteiger partial charge in [0.15, 0.2) is 17.2 Å². The van der Waals surface area contributed by atoms with Crippen LogP contribution in [0, 0.1) is 10.1 Å². The SMILES string of the molecule is COc1ccc(CSCC(=O)Nc2ccc3oc(C(C)C)nc3c2)cc1[N+](=O)[O-]. The third-order valence-corrected chi connectivity index (χ3v) is 5.13. The number of nitro groups is 1. The van der Waals surface area contributed by atoms with Crippen molar-refractivity contribution in [1.29, 1.82) is 0 Å². The van der Waals surface area contributed by atoms with Gasteiger partial charge in [0.25, 0.3) is 0 Å². The molecule has 2 aromatic carbocycles. The highest BCUT2D eigenvalue weighted by Crippen LogP contribution is 2.29. The first-order chi connectivity index (χ1) is 13.9. The van der Waals surface area contributed by atoms with Gasteiger partial charge in [-0.15, -0.1) is 11.8 Å². The van der Waals surface area contributed by atoms with Gasteiger partial charge in [-0.05, 0) is 29.8 Å². The summed E-state index contributed by atoms with van der Waals surface area (Å²) in [7, 11) is 1.39. The molecule has 0 unspecified atom stereocenters. The fraction of sp³-hybridized carbons (Fsp3) is 0.300. The van der Waals surface area contributed by atoms with Gasteiger partial charge in [0.05, 0.1) is 17.8 Å². The Morgan fingerprint density at radius 2 is 2.10 bits per heavy atom. The molecule has 9 heteroatoms. The van der Waals surface area contributed by atoms with Crippen LogP contribution in [0.2, 0.25) is 0 Å². The normalized spacial score (nSPS) is 11.0. The number of ether oxygens (including phenoxy) is 1. The summed E-state index contributed by atoms with van der Waals surface area (Å²) in [5, 5.41) is 13.9. The molecule has 1 heterocycles. The van der Waals surface area contributed by atoms with E-state index in [9.17, 15) is 14.9 Å². The molecule has 0 saturated carbocycles. The fourth-order valence-electron chi connectivity index (χ4n) is 2.70. The van der Waals surface area contributed by atoms with Crippen molar-refractivity contribution in [2.24, 2.45) is 0 Å². The second-order valence-corrected chi connectivity index (χ2v) is 7.68. The van der Waals surface area contributed by atoms with Crippen molar-refractivity contribution < 1.29 is 18.9 Å². The molecule has 0 fully saturated rings. The zero-order valence-corrected chi connectivity index (χ0v) is 17.1. The molecule has 0 aliphatic carbocycles. The average Bonchev–Trinajstić information content (AvgIpc) is 3.11. The highest BCUT2D eigenvalue weighted by atomic mass is 32.2. The number of carbonyl (C=O) groups excluding carboxylic acids is 1. The molecule has 3 aromatic rings. The Labute approximate surface area is 171 Å². The first-order valence-electron chi connectivity index (χ1n) is 8.96. The molecule has 1 aromatic heterocycles. The number of nitrogens with zero attached hydrogens (tertiary/aromatic N) is 2. The van der Waals surface area contributed by atoms with E-state index in [0.717, 1.165) is 5.56 Å². The highest BCUT2D eigenvalue weighted by Gasteiger charge is 2.15. The number of thioether (sulfide) groups is 1. The van der Waals surface area contributed by atoms with Crippen LogP contribution in [0.5, 0.6) is 5.75 Å². The zero-order chi connectivity index (χ0) is 21.0. The molecule has 0 radical (unpaired) electrons. The zero-order valence-electron chi connectivity index (χ0n) is 16.3. The molecule has 8 nitrogen and oxygen atoms in total. The predicted octanol–water partition coefficient (Wildman–Crippen LogP) is 4.74. The number of hydrogen-bond donors (Lipinski definition) is 1. The van der Waals surface area contributed by atoms with Crippen molar-refractivity contribution in [2.45, 2.75) is 25.5 Å². The van der Waals surface area contributed by atoms with Gasteiger partial charge in [-0.25, -0.2) is 4.98 Å². The molecule has 0 spiro atoms. The van der Waals surface area contributed by atoms with Crippen LogP contribution >= 0.6 is 11.8 Å². The Hall–Kier alpha value is -3.07. The smallest absolute Gasteiger partial charge is 0.311 e. The van der Waals surface area contributed by atoms with Gasteiger partial charge >= 0.3 is 5.69 Å². The van der Waals surface area contributed by atoms with Crippen molar-refractivity contribution >= 4 is 40.1 Å². The third kappa shape index (κ3) is 5.05. The summed E-state index contributed by atoms with van der Waals surface area (Å²) in [6.45, 7) is 4.00. The summed E-state index contributed by atoms with van der Waals surface area (Å²) in [6.07, 6.45) is 0. The lowest BCUT2D eigenvalue weighted by molar-refractivity contribution is -0.385. The first-order valence-corrected chi connectivity index (χ1v) is 10.1. The number of carbonyl (C=O) groups is 1. The monoisotopic (exact) mass is 415 g/mol. The van der Waals surface area contributed by atoms with Crippen molar-refractivity contribution in [3.05, 3.63) is 58.0 Å². The van der Waals surface area contributed by atoms with Gasteiger partial charge in [-0.3, -0.25) is 14.9 Å². The highest BCUT2D eigenvalue weighted by molar-refractivity contribution is 7.99. The molecule has 0 atom stereocenters. The van der Waals surface area contributed by atoms with E-state index in [1.165, 1.54) is 24.9 Å². The van der Waals surface area contributed by atoms with E-state index in [2.05, 4.69) is 10.3 Å². The number of nitrogens with one attached hydrogen (secondary N) is 1. The summed E-state index contributed by atoms with van der Waals surface area (Å²) < 4.78 is 10.7. The second-order valence-electron chi connectivity index (χ2n) is 6.69. The summed E-state index contributed by atoms with van der Waals surface area (Å²) in [5.41, 5.74) is 2.69. The molecule has 0 aliphatic heterocycles. The number of aromatic nitrogens is 1. The van der Waals surface area contributed by atoms with Crippen LogP contribution in [0.25, 0.3) is 11.1 Å². The lowest BCUT2D eigenvalue weighted by Gasteiger charge is -2.06. The minimum atomic E-state index is -0.482. The Balaban J connectivity index is 1.57. The molecule has 29 heavy (non-hydrogen) atoms. The molecule has 0 saturated heterocycles. The Kier molecular flexibility index (Phi) is 6.38. The largest absolute Gasteiger partial charge is 0.490 e. The minimum Gasteiger partial charge on any atom is -0.490 e. The lowest BCUT2D eigenvalue weighted by atomic mass is 10.2. The standard InChI is InChI=1S/C20H21N3O5S/c1-12(2)20-22-15-9-14(5-7-17(15)28-20)21-19(24)11-29-10-13-4-6-18(27-3)16(8-13)23(25)26/h4-9,12H,10-11H2,1-3H3,(H,21,24). The van der Waals surface area contributed by atoms with E-state index >= 15 is 0 Å². The van der Waals surface area contributed by atoms with E-state index in [-0.39, 0.29) is 29.0 Å². The Morgan fingerprint density at radius 1 is 1.31 bits per heavy atom. The minimum absolute atomic E-state index is 0.0864. The van der Waals surface area contributed by atoms with E-state index in [4.69, 9.17) is 9.15 Å². The number of methoxy groups -OCH3 is 1. The van der Waals surface area contributed by atoms with Gasteiger partial charge < -0.3 is 14.5 Å². The van der Waals surface area contributed by atoms with Crippen LogP contribution in [-0.2, 0) is 10.5 Å². The molecule has 0 bridgehead atoms.